The van der Waals surface area contributed by atoms with Crippen molar-refractivity contribution in [3.05, 3.63) is 71.2 Å². The molecule has 23 heavy (non-hydrogen) atoms. The molecule has 3 rings (SSSR count). The first-order chi connectivity index (χ1) is 11.2. The molecule has 0 radical (unpaired) electrons. The van der Waals surface area contributed by atoms with Crippen LogP contribution in [0.4, 0.5) is 5.69 Å². The van der Waals surface area contributed by atoms with Gasteiger partial charge in [0.15, 0.2) is 5.76 Å². The Hall–Kier alpha value is -2.63. The Morgan fingerprint density at radius 2 is 2.04 bits per heavy atom. The number of benzene rings is 1. The molecule has 0 saturated heterocycles. The number of nitrogens with zero attached hydrogens (tertiary/aromatic N) is 1. The highest BCUT2D eigenvalue weighted by atomic mass is 35.5. The second kappa shape index (κ2) is 6.64. The third-order valence-corrected chi connectivity index (χ3v) is 3.63. The van der Waals surface area contributed by atoms with Gasteiger partial charge >= 0.3 is 0 Å². The van der Waals surface area contributed by atoms with Crippen molar-refractivity contribution >= 4 is 23.2 Å². The third kappa shape index (κ3) is 3.26. The van der Waals surface area contributed by atoms with Crippen molar-refractivity contribution in [2.24, 2.45) is 0 Å². The summed E-state index contributed by atoms with van der Waals surface area (Å²) in [5.41, 5.74) is 1.73. The topological polar surface area (TPSA) is 75.4 Å². The fourth-order valence-corrected chi connectivity index (χ4v) is 2.35. The summed E-state index contributed by atoms with van der Waals surface area (Å²) in [6, 6.07) is 12.1. The standard InChI is InChI=1S/C17H13ClN2O3/c18-13-4-2-1-3-12(13)15-5-6-16(23-15)17(22)20-14-9-19-8-7-11(14)10-21/h1-9,21H,10H2,(H,20,22). The number of rotatable bonds is 4. The fraction of sp³-hybridized carbons (Fsp3) is 0.0588. The minimum absolute atomic E-state index is 0.146. The molecular weight excluding hydrogens is 316 g/mol. The normalized spacial score (nSPS) is 10.5. The van der Waals surface area contributed by atoms with E-state index in [1.54, 1.807) is 30.5 Å². The summed E-state index contributed by atoms with van der Waals surface area (Å²) in [4.78, 5) is 16.2. The lowest BCUT2D eigenvalue weighted by Crippen LogP contribution is -2.12. The van der Waals surface area contributed by atoms with Crippen LogP contribution in [-0.4, -0.2) is 16.0 Å². The van der Waals surface area contributed by atoms with E-state index in [1.807, 2.05) is 18.2 Å². The van der Waals surface area contributed by atoms with E-state index in [9.17, 15) is 9.90 Å². The van der Waals surface area contributed by atoms with E-state index < -0.39 is 5.91 Å². The molecule has 2 N–H and O–H groups in total. The van der Waals surface area contributed by atoms with Crippen molar-refractivity contribution in [1.82, 2.24) is 4.98 Å². The lowest BCUT2D eigenvalue weighted by Gasteiger charge is -2.07. The average molecular weight is 329 g/mol. The lowest BCUT2D eigenvalue weighted by atomic mass is 10.2. The highest BCUT2D eigenvalue weighted by Gasteiger charge is 2.15. The smallest absolute Gasteiger partial charge is 0.291 e. The summed E-state index contributed by atoms with van der Waals surface area (Å²) in [5.74, 6) is 0.230. The number of hydrogen-bond acceptors (Lipinski definition) is 4. The summed E-state index contributed by atoms with van der Waals surface area (Å²) in [5, 5.41) is 12.5. The molecule has 0 saturated carbocycles. The van der Waals surface area contributed by atoms with Gasteiger partial charge in [0.2, 0.25) is 0 Å². The van der Waals surface area contributed by atoms with Gasteiger partial charge in [0.1, 0.15) is 5.76 Å². The summed E-state index contributed by atoms with van der Waals surface area (Å²) in [6.45, 7) is -0.193. The monoisotopic (exact) mass is 328 g/mol. The molecule has 1 aromatic carbocycles. The summed E-state index contributed by atoms with van der Waals surface area (Å²) in [6.07, 6.45) is 3.02. The highest BCUT2D eigenvalue weighted by molar-refractivity contribution is 6.33. The molecule has 0 spiro atoms. The van der Waals surface area contributed by atoms with Crippen molar-refractivity contribution in [3.8, 4) is 11.3 Å². The van der Waals surface area contributed by atoms with Crippen molar-refractivity contribution in [3.63, 3.8) is 0 Å². The number of carbonyl (C=O) groups excluding carboxylic acids is 1. The molecule has 0 unspecified atom stereocenters. The van der Waals surface area contributed by atoms with Gasteiger partial charge in [-0.05, 0) is 30.3 Å². The van der Waals surface area contributed by atoms with Crippen LogP contribution in [0.1, 0.15) is 16.1 Å². The number of pyridine rings is 1. The van der Waals surface area contributed by atoms with Gasteiger partial charge in [-0.1, -0.05) is 23.7 Å². The zero-order chi connectivity index (χ0) is 16.2. The molecule has 1 amide bonds. The van der Waals surface area contributed by atoms with Crippen LogP contribution in [0.2, 0.25) is 5.02 Å². The largest absolute Gasteiger partial charge is 0.451 e. The number of aliphatic hydroxyl groups excluding tert-OH is 1. The Bertz CT molecular complexity index is 845. The number of aliphatic hydroxyl groups is 1. The maximum atomic E-state index is 12.3. The Morgan fingerprint density at radius 3 is 2.83 bits per heavy atom. The first-order valence-electron chi connectivity index (χ1n) is 6.89. The number of furan rings is 1. The number of nitrogens with one attached hydrogen (secondary N) is 1. The van der Waals surface area contributed by atoms with Crippen LogP contribution in [0.25, 0.3) is 11.3 Å². The molecule has 3 aromatic rings. The Balaban J connectivity index is 1.83. The molecule has 0 aliphatic carbocycles. The molecule has 0 bridgehead atoms. The van der Waals surface area contributed by atoms with E-state index in [-0.39, 0.29) is 12.4 Å². The van der Waals surface area contributed by atoms with Gasteiger partial charge in [0.25, 0.3) is 5.91 Å². The first kappa shape index (κ1) is 15.3. The molecule has 0 aliphatic heterocycles. The average Bonchev–Trinajstić information content (AvgIpc) is 3.05. The van der Waals surface area contributed by atoms with Gasteiger partial charge < -0.3 is 14.8 Å². The van der Waals surface area contributed by atoms with Crippen molar-refractivity contribution in [2.75, 3.05) is 5.32 Å². The van der Waals surface area contributed by atoms with Gasteiger partial charge in [0, 0.05) is 17.3 Å². The zero-order valence-electron chi connectivity index (χ0n) is 12.0. The predicted molar refractivity (Wildman–Crippen MR) is 87.3 cm³/mol. The van der Waals surface area contributed by atoms with E-state index in [2.05, 4.69) is 10.3 Å². The second-order valence-electron chi connectivity index (χ2n) is 4.79. The minimum Gasteiger partial charge on any atom is -0.451 e. The molecule has 5 nitrogen and oxygen atoms in total. The van der Waals surface area contributed by atoms with Crippen LogP contribution in [0.3, 0.4) is 0 Å². The molecule has 0 fully saturated rings. The van der Waals surface area contributed by atoms with Crippen LogP contribution in [0.5, 0.6) is 0 Å². The van der Waals surface area contributed by atoms with Gasteiger partial charge in [-0.25, -0.2) is 0 Å². The number of carbonyl (C=O) groups is 1. The quantitative estimate of drug-likeness (QED) is 0.765. The number of hydrogen-bond donors (Lipinski definition) is 2. The SMILES string of the molecule is O=C(Nc1cnccc1CO)c1ccc(-c2ccccc2Cl)o1. The van der Waals surface area contributed by atoms with Crippen LogP contribution in [0.15, 0.2) is 59.3 Å². The van der Waals surface area contributed by atoms with Crippen molar-refractivity contribution in [2.45, 2.75) is 6.61 Å². The van der Waals surface area contributed by atoms with E-state index in [4.69, 9.17) is 16.0 Å². The molecule has 0 atom stereocenters. The Labute approximate surface area is 137 Å². The van der Waals surface area contributed by atoms with Gasteiger partial charge in [0.05, 0.1) is 23.5 Å². The Morgan fingerprint density at radius 1 is 1.22 bits per heavy atom. The molecule has 2 heterocycles. The number of amides is 1. The number of anilines is 1. The van der Waals surface area contributed by atoms with Gasteiger partial charge in [-0.2, -0.15) is 0 Å². The highest BCUT2D eigenvalue weighted by Crippen LogP contribution is 2.29. The van der Waals surface area contributed by atoms with Crippen molar-refractivity contribution < 1.29 is 14.3 Å². The minimum atomic E-state index is -0.425. The van der Waals surface area contributed by atoms with Crippen LogP contribution in [-0.2, 0) is 6.61 Å². The summed E-state index contributed by atoms with van der Waals surface area (Å²) < 4.78 is 5.58. The summed E-state index contributed by atoms with van der Waals surface area (Å²) >= 11 is 6.12. The van der Waals surface area contributed by atoms with Crippen LogP contribution < -0.4 is 5.32 Å². The van der Waals surface area contributed by atoms with Crippen molar-refractivity contribution in [1.29, 1.82) is 0 Å². The molecule has 116 valence electrons. The molecule has 0 aliphatic rings. The molecule has 6 heteroatoms. The van der Waals surface area contributed by atoms with Gasteiger partial charge in [-0.15, -0.1) is 0 Å². The maximum absolute atomic E-state index is 12.3. The Kier molecular flexibility index (Phi) is 4.41. The third-order valence-electron chi connectivity index (χ3n) is 3.30. The van der Waals surface area contributed by atoms with Gasteiger partial charge in [-0.3, -0.25) is 9.78 Å². The summed E-state index contributed by atoms with van der Waals surface area (Å²) in [7, 11) is 0. The van der Waals surface area contributed by atoms with Crippen LogP contribution >= 0.6 is 11.6 Å². The fourth-order valence-electron chi connectivity index (χ4n) is 2.12. The van der Waals surface area contributed by atoms with E-state index in [0.29, 0.717) is 27.6 Å². The first-order valence-corrected chi connectivity index (χ1v) is 7.26. The van der Waals surface area contributed by atoms with E-state index >= 15 is 0 Å². The predicted octanol–water partition coefficient (Wildman–Crippen LogP) is 3.74. The lowest BCUT2D eigenvalue weighted by molar-refractivity contribution is 0.0997. The zero-order valence-corrected chi connectivity index (χ0v) is 12.7. The molecular formula is C17H13ClN2O3. The van der Waals surface area contributed by atoms with Crippen LogP contribution in [0, 0.1) is 0 Å². The number of halogens is 1. The molecule has 2 aromatic heterocycles. The second-order valence-corrected chi connectivity index (χ2v) is 5.20. The van der Waals surface area contributed by atoms with E-state index in [0.717, 1.165) is 0 Å². The van der Waals surface area contributed by atoms with E-state index in [1.165, 1.54) is 6.20 Å². The maximum Gasteiger partial charge on any atom is 0.291 e. The number of aromatic nitrogens is 1.